The minimum absolute atomic E-state index is 0.305. The van der Waals surface area contributed by atoms with Crippen LogP contribution in [0.25, 0.3) is 0 Å². The van der Waals surface area contributed by atoms with Gasteiger partial charge < -0.3 is 10.5 Å². The van der Waals surface area contributed by atoms with E-state index in [9.17, 15) is 0 Å². The van der Waals surface area contributed by atoms with Crippen LogP contribution in [-0.4, -0.2) is 13.2 Å². The molecule has 0 amide bonds. The van der Waals surface area contributed by atoms with Gasteiger partial charge in [0, 0.05) is 10.9 Å². The Labute approximate surface area is 138 Å². The highest BCUT2D eigenvalue weighted by atomic mass is 35.5. The zero-order valence-corrected chi connectivity index (χ0v) is 14.0. The second kappa shape index (κ2) is 8.21. The maximum atomic E-state index is 5.94. The molecule has 0 aliphatic carbocycles. The minimum Gasteiger partial charge on any atom is -0.493 e. The highest BCUT2D eigenvalue weighted by Crippen LogP contribution is 2.23. The van der Waals surface area contributed by atoms with E-state index in [1.54, 1.807) is 0 Å². The molecule has 2 rings (SSSR count). The van der Waals surface area contributed by atoms with Crippen molar-refractivity contribution in [2.24, 2.45) is 11.7 Å². The summed E-state index contributed by atoms with van der Waals surface area (Å²) in [6, 6.07) is 16.3. The molecule has 0 heterocycles. The van der Waals surface area contributed by atoms with Gasteiger partial charge in [0.2, 0.25) is 0 Å². The van der Waals surface area contributed by atoms with E-state index in [4.69, 9.17) is 22.1 Å². The van der Waals surface area contributed by atoms with Gasteiger partial charge >= 0.3 is 0 Å². The predicted molar refractivity (Wildman–Crippen MR) is 93.7 cm³/mol. The van der Waals surface area contributed by atoms with Crippen molar-refractivity contribution in [1.29, 1.82) is 0 Å². The van der Waals surface area contributed by atoms with Crippen LogP contribution in [0.5, 0.6) is 5.75 Å². The average Bonchev–Trinajstić information content (AvgIpc) is 2.52. The van der Waals surface area contributed by atoms with Gasteiger partial charge in [0.1, 0.15) is 5.75 Å². The third kappa shape index (κ3) is 5.04. The fourth-order valence-corrected chi connectivity index (χ4v) is 2.47. The van der Waals surface area contributed by atoms with Crippen LogP contribution in [0.1, 0.15) is 30.9 Å². The Hall–Kier alpha value is -1.51. The Balaban J connectivity index is 2.00. The van der Waals surface area contributed by atoms with E-state index in [0.717, 1.165) is 23.8 Å². The maximum absolute atomic E-state index is 5.94. The molecule has 0 bridgehead atoms. The van der Waals surface area contributed by atoms with Gasteiger partial charge in [-0.3, -0.25) is 0 Å². The molecule has 2 aromatic carbocycles. The molecule has 0 aromatic heterocycles. The van der Waals surface area contributed by atoms with Gasteiger partial charge in [-0.1, -0.05) is 49.7 Å². The Morgan fingerprint density at radius 1 is 1.00 bits per heavy atom. The number of rotatable bonds is 7. The first kappa shape index (κ1) is 16.9. The molecule has 0 aliphatic heterocycles. The van der Waals surface area contributed by atoms with E-state index >= 15 is 0 Å². The van der Waals surface area contributed by atoms with Crippen LogP contribution >= 0.6 is 11.6 Å². The second-order valence-corrected chi connectivity index (χ2v) is 6.47. The number of halogens is 1. The van der Waals surface area contributed by atoms with Gasteiger partial charge in [0.05, 0.1) is 6.61 Å². The molecular weight excluding hydrogens is 294 g/mol. The Kier molecular flexibility index (Phi) is 6.29. The highest BCUT2D eigenvalue weighted by Gasteiger charge is 2.11. The first-order valence-electron chi connectivity index (χ1n) is 7.75. The zero-order chi connectivity index (χ0) is 15.9. The van der Waals surface area contributed by atoms with E-state index < -0.39 is 0 Å². The topological polar surface area (TPSA) is 35.2 Å². The van der Waals surface area contributed by atoms with Crippen molar-refractivity contribution in [2.75, 3.05) is 13.2 Å². The second-order valence-electron chi connectivity index (χ2n) is 6.04. The molecule has 0 fully saturated rings. The number of benzene rings is 2. The largest absolute Gasteiger partial charge is 0.493 e. The SMILES string of the molecule is CC(C)COc1ccc(CC(CN)c2ccc(Cl)cc2)cc1. The summed E-state index contributed by atoms with van der Waals surface area (Å²) in [6.45, 7) is 5.65. The van der Waals surface area contributed by atoms with Gasteiger partial charge in [-0.2, -0.15) is 0 Å². The van der Waals surface area contributed by atoms with E-state index in [-0.39, 0.29) is 0 Å². The third-order valence-corrected chi connectivity index (χ3v) is 3.87. The summed E-state index contributed by atoms with van der Waals surface area (Å²) < 4.78 is 5.71. The van der Waals surface area contributed by atoms with Crippen molar-refractivity contribution in [3.8, 4) is 5.75 Å². The first-order chi connectivity index (χ1) is 10.6. The minimum atomic E-state index is 0.305. The molecule has 0 saturated heterocycles. The lowest BCUT2D eigenvalue weighted by atomic mass is 9.92. The van der Waals surface area contributed by atoms with E-state index in [1.807, 2.05) is 24.3 Å². The molecule has 2 aromatic rings. The summed E-state index contributed by atoms with van der Waals surface area (Å²) in [7, 11) is 0. The fraction of sp³-hybridized carbons (Fsp3) is 0.368. The summed E-state index contributed by atoms with van der Waals surface area (Å²) in [6.07, 6.45) is 0.919. The number of nitrogens with two attached hydrogens (primary N) is 1. The van der Waals surface area contributed by atoms with Crippen molar-refractivity contribution >= 4 is 11.6 Å². The summed E-state index contributed by atoms with van der Waals surface area (Å²) >= 11 is 5.94. The zero-order valence-electron chi connectivity index (χ0n) is 13.3. The molecule has 2 N–H and O–H groups in total. The van der Waals surface area contributed by atoms with Crippen LogP contribution in [0.15, 0.2) is 48.5 Å². The molecule has 1 atom stereocenters. The predicted octanol–water partition coefficient (Wildman–Crippen LogP) is 4.66. The normalized spacial score (nSPS) is 12.4. The van der Waals surface area contributed by atoms with Crippen molar-refractivity contribution in [3.05, 3.63) is 64.7 Å². The van der Waals surface area contributed by atoms with Gasteiger partial charge in [-0.15, -0.1) is 0 Å². The van der Waals surface area contributed by atoms with Gasteiger partial charge in [0.15, 0.2) is 0 Å². The average molecular weight is 318 g/mol. The van der Waals surface area contributed by atoms with Crippen LogP contribution in [0.3, 0.4) is 0 Å². The molecule has 118 valence electrons. The third-order valence-electron chi connectivity index (χ3n) is 3.61. The van der Waals surface area contributed by atoms with Crippen molar-refractivity contribution in [3.63, 3.8) is 0 Å². The van der Waals surface area contributed by atoms with Crippen LogP contribution < -0.4 is 10.5 Å². The van der Waals surface area contributed by atoms with E-state index in [2.05, 4.69) is 38.1 Å². The molecule has 0 saturated carbocycles. The lowest BCUT2D eigenvalue weighted by Gasteiger charge is -2.16. The standard InChI is InChI=1S/C19H24ClNO/c1-14(2)13-22-19-9-3-15(4-10-19)11-17(12-21)16-5-7-18(20)8-6-16/h3-10,14,17H,11-13,21H2,1-2H3. The Morgan fingerprint density at radius 3 is 2.18 bits per heavy atom. The fourth-order valence-electron chi connectivity index (χ4n) is 2.34. The first-order valence-corrected chi connectivity index (χ1v) is 8.13. The smallest absolute Gasteiger partial charge is 0.119 e. The lowest BCUT2D eigenvalue weighted by Crippen LogP contribution is -2.15. The van der Waals surface area contributed by atoms with Gasteiger partial charge in [-0.05, 0) is 54.3 Å². The maximum Gasteiger partial charge on any atom is 0.119 e. The van der Waals surface area contributed by atoms with Crippen LogP contribution in [0.2, 0.25) is 5.02 Å². The van der Waals surface area contributed by atoms with Crippen LogP contribution in [0, 0.1) is 5.92 Å². The lowest BCUT2D eigenvalue weighted by molar-refractivity contribution is 0.271. The molecule has 0 aliphatic rings. The molecule has 0 spiro atoms. The number of hydrogen-bond donors (Lipinski definition) is 1. The molecule has 0 radical (unpaired) electrons. The van der Waals surface area contributed by atoms with Gasteiger partial charge in [0.25, 0.3) is 0 Å². The summed E-state index contributed by atoms with van der Waals surface area (Å²) in [5.41, 5.74) is 8.44. The summed E-state index contributed by atoms with van der Waals surface area (Å²) in [4.78, 5) is 0. The van der Waals surface area contributed by atoms with E-state index in [0.29, 0.717) is 18.4 Å². The quantitative estimate of drug-likeness (QED) is 0.806. The Bertz CT molecular complexity index is 563. The molecule has 22 heavy (non-hydrogen) atoms. The van der Waals surface area contributed by atoms with Crippen LogP contribution in [-0.2, 0) is 6.42 Å². The van der Waals surface area contributed by atoms with Crippen molar-refractivity contribution in [2.45, 2.75) is 26.2 Å². The molecule has 2 nitrogen and oxygen atoms in total. The number of hydrogen-bond acceptors (Lipinski definition) is 2. The number of ether oxygens (including phenoxy) is 1. The molecular formula is C19H24ClNO. The molecule has 3 heteroatoms. The van der Waals surface area contributed by atoms with Gasteiger partial charge in [-0.25, -0.2) is 0 Å². The highest BCUT2D eigenvalue weighted by molar-refractivity contribution is 6.30. The van der Waals surface area contributed by atoms with Crippen molar-refractivity contribution < 1.29 is 4.74 Å². The Morgan fingerprint density at radius 2 is 1.64 bits per heavy atom. The summed E-state index contributed by atoms with van der Waals surface area (Å²) in [5, 5.41) is 0.756. The van der Waals surface area contributed by atoms with Crippen molar-refractivity contribution in [1.82, 2.24) is 0 Å². The molecule has 1 unspecified atom stereocenters. The summed E-state index contributed by atoms with van der Waals surface area (Å²) in [5.74, 6) is 1.76. The monoisotopic (exact) mass is 317 g/mol. The van der Waals surface area contributed by atoms with E-state index in [1.165, 1.54) is 11.1 Å². The van der Waals surface area contributed by atoms with Crippen LogP contribution in [0.4, 0.5) is 0 Å².